The van der Waals surface area contributed by atoms with E-state index in [-0.39, 0.29) is 52.8 Å². The fraction of sp³-hybridized carbons (Fsp3) is 0.367. The number of halogens is 4. The molecule has 0 radical (unpaired) electrons. The van der Waals surface area contributed by atoms with Crippen LogP contribution in [0.3, 0.4) is 0 Å². The highest BCUT2D eigenvalue weighted by Crippen LogP contribution is 2.50. The number of aliphatic hydroxyl groups is 6. The third kappa shape index (κ3) is 19.1. The number of carbonyl (C=O) groups excluding carboxylic acids is 7. The minimum absolute atomic E-state index is 0.111. The molecule has 20 N–H and O–H groups in total. The van der Waals surface area contributed by atoms with Crippen molar-refractivity contribution in [3.05, 3.63) is 175 Å². The lowest BCUT2D eigenvalue weighted by Crippen LogP contribution is -2.65. The molecule has 18 atom stereocenters. The van der Waals surface area contributed by atoms with Crippen molar-refractivity contribution in [2.45, 2.75) is 163 Å². The molecule has 7 aromatic carbocycles. The molecule has 622 valence electrons. The largest absolute Gasteiger partial charge is 0.508 e. The Morgan fingerprint density at radius 1 is 0.658 bits per heavy atom. The number of primary amides is 1. The molecule has 7 amide bonds. The van der Waals surface area contributed by atoms with Crippen molar-refractivity contribution in [2.24, 2.45) is 11.7 Å². The van der Waals surface area contributed by atoms with Gasteiger partial charge in [0.05, 0.1) is 41.3 Å². The van der Waals surface area contributed by atoms with Gasteiger partial charge >= 0.3 is 5.97 Å². The molecule has 7 heterocycles. The van der Waals surface area contributed by atoms with Crippen molar-refractivity contribution < 1.29 is 123 Å². The number of hydrogen-bond donors (Lipinski definition) is 19. The van der Waals surface area contributed by atoms with Crippen LogP contribution in [-0.2, 0) is 59.1 Å². The summed E-state index contributed by atoms with van der Waals surface area (Å²) in [7, 11) is 1.47. The molecular weight excluding hydrogens is 1620 g/mol. The van der Waals surface area contributed by atoms with Crippen LogP contribution in [0.1, 0.15) is 111 Å². The summed E-state index contributed by atoms with van der Waals surface area (Å²) >= 11 is 26.7. The smallest absolute Gasteiger partial charge is 0.330 e. The van der Waals surface area contributed by atoms with E-state index in [0.717, 1.165) is 72.3 Å². The van der Waals surface area contributed by atoms with E-state index < -0.39 is 237 Å². The SMILES string of the molecule is CN[C@H](CC(C)C)C(=O)N[C@H]1C(=O)N[C@@H](CC(N)=O)C(=O)N[C@H]2C(=O)N[C@H]3C(=O)N[C@H](C(=O)N[C@H](C(=O)O)c4cc(O)cc(O)c4-c4cc3ccc4O)[C@H](O)c3ccc(c(Cl)c3)Oc3cc2cc(c3O[C@@H]2O[C@H](CO)[C@@H](O)[C@H](O)[C@H]2O[C@H]2C[C@](C)(NCc3ccc(Oc4cc(Cl)cc(Cl)c4)cc3)[C@H](O)[C@H](C)O2)Oc2ccc(cc2Cl)[C@H]1O. The zero-order chi connectivity index (χ0) is 84.5. The molecule has 2 fully saturated rings. The highest BCUT2D eigenvalue weighted by molar-refractivity contribution is 6.35. The van der Waals surface area contributed by atoms with Crippen LogP contribution >= 0.6 is 46.4 Å². The monoisotopic (exact) mass is 1700 g/mol. The Bertz CT molecular complexity index is 4970. The van der Waals surface area contributed by atoms with E-state index in [9.17, 15) is 75.0 Å². The molecule has 0 spiro atoms. The number of benzene rings is 7. The molecule has 14 rings (SSSR count). The minimum Gasteiger partial charge on any atom is -0.508 e. The third-order valence-corrected chi connectivity index (χ3v) is 21.5. The van der Waals surface area contributed by atoms with Gasteiger partial charge in [0.1, 0.15) is 101 Å². The van der Waals surface area contributed by atoms with E-state index in [2.05, 4.69) is 42.5 Å². The molecule has 7 aromatic rings. The predicted molar refractivity (Wildman–Crippen MR) is 415 cm³/mol. The molecule has 0 aromatic heterocycles. The minimum atomic E-state index is -2.37. The Hall–Kier alpha value is -10.4. The summed E-state index contributed by atoms with van der Waals surface area (Å²) in [6.45, 7) is 6.01. The maximum atomic E-state index is 16.2. The second-order valence-electron chi connectivity index (χ2n) is 29.3. The average Bonchev–Trinajstić information content (AvgIpc) is 0.765. The van der Waals surface area contributed by atoms with Gasteiger partial charge in [-0.05, 0) is 146 Å². The van der Waals surface area contributed by atoms with Crippen molar-refractivity contribution in [2.75, 3.05) is 13.7 Å². The van der Waals surface area contributed by atoms with E-state index in [0.29, 0.717) is 21.5 Å². The number of nitrogens with two attached hydrogens (primary N) is 1. The summed E-state index contributed by atoms with van der Waals surface area (Å²) in [5.41, 5.74) is 2.32. The molecule has 117 heavy (non-hydrogen) atoms. The second kappa shape index (κ2) is 35.8. The lowest BCUT2D eigenvalue weighted by Gasteiger charge is -2.48. The van der Waals surface area contributed by atoms with E-state index in [1.807, 2.05) is 13.8 Å². The number of phenolic OH excluding ortho intramolecular Hbond substituents is 3. The van der Waals surface area contributed by atoms with Gasteiger partial charge in [-0.2, -0.15) is 0 Å². The molecule has 34 nitrogen and oxygen atoms in total. The van der Waals surface area contributed by atoms with Gasteiger partial charge in [0, 0.05) is 51.3 Å². The number of likely N-dealkylation sites (N-methyl/N-ethyl adjacent to an activating group) is 1. The molecule has 0 aliphatic carbocycles. The topological polar surface area (TPSA) is 526 Å². The molecule has 38 heteroatoms. The number of aliphatic carboxylic acids is 1. The lowest BCUT2D eigenvalue weighted by atomic mass is 9.84. The first-order chi connectivity index (χ1) is 55.5. The first-order valence-electron chi connectivity index (χ1n) is 36.6. The number of carboxylic acid groups (broad SMARTS) is 1. The number of aromatic hydroxyl groups is 3. The zero-order valence-electron chi connectivity index (χ0n) is 62.7. The Kier molecular flexibility index (Phi) is 26.3. The number of fused-ring (bicyclic) bond motifs is 15. The second-order valence-corrected chi connectivity index (χ2v) is 31.0. The third-order valence-electron chi connectivity index (χ3n) is 20.4. The Morgan fingerprint density at radius 3 is 1.88 bits per heavy atom. The first kappa shape index (κ1) is 86.0. The number of amides is 7. The van der Waals surface area contributed by atoms with Gasteiger partial charge in [-0.15, -0.1) is 0 Å². The van der Waals surface area contributed by atoms with Gasteiger partial charge in [-0.1, -0.05) is 90.6 Å². The van der Waals surface area contributed by atoms with Crippen LogP contribution in [0.4, 0.5) is 0 Å². The van der Waals surface area contributed by atoms with Crippen LogP contribution in [0, 0.1) is 5.92 Å². The molecule has 0 unspecified atom stereocenters. The standard InChI is InChI=1S/C79H83Cl4N9O25/c1-31(2)16-47(85-5)71(103)91-62-64(98)35-9-14-51(45(82)18-35)113-53-20-37-21-54(68(53)117-78-69(67(101)66(100)55(30-93)115-78)116-57-28-79(4,70(102)32(3)111-57)86-29-33-6-11-41(12-7-33)112-42-23-38(80)22-39(81)24-42)114-52-15-10-36(19-46(52)83)65(99)63-76(108)90-61(77(109)110)44-25-40(94)26-50(96)58(44)43-17-34(8-13-49(43)95)59(73(105)92-63)89-74(106)60(37)88-72(104)48(27-56(84)97)87-75(62)107/h6-15,17-26,31-32,47-48,55,57,59-67,69-70,78,85-86,93-96,98-102H,16,27-30H2,1-5H3,(H2,84,97)(H,87,107)(H,88,104)(H,89,106)(H,90,108)(H,91,103)(H,92,105)(H,109,110)/t32-,47+,48-,55+,57-,59+,60+,61-,62+,63-,64+,65+,66+,67-,69+,70+,78-,79-/m0/s1. The maximum Gasteiger partial charge on any atom is 0.330 e. The van der Waals surface area contributed by atoms with Crippen LogP contribution < -0.4 is 67.2 Å². The molecular formula is C79H83Cl4N9O25. The quantitative estimate of drug-likeness (QED) is 0.0535. The molecule has 11 bridgehead atoms. The summed E-state index contributed by atoms with van der Waals surface area (Å²) in [4.78, 5) is 118. The zero-order valence-corrected chi connectivity index (χ0v) is 65.7. The van der Waals surface area contributed by atoms with Gasteiger partial charge in [0.25, 0.3) is 0 Å². The first-order valence-corrected chi connectivity index (χ1v) is 38.1. The maximum absolute atomic E-state index is 16.2. The van der Waals surface area contributed by atoms with E-state index in [4.69, 9.17) is 85.3 Å². The average molecular weight is 1700 g/mol. The normalized spacial score (nSPS) is 27.0. The number of carbonyl (C=O) groups is 8. The van der Waals surface area contributed by atoms with Crippen molar-refractivity contribution in [3.8, 4) is 68.6 Å². The number of carboxylic acids is 1. The van der Waals surface area contributed by atoms with Crippen molar-refractivity contribution in [1.29, 1.82) is 0 Å². The summed E-state index contributed by atoms with van der Waals surface area (Å²) in [6.07, 6.45) is -18.9. The van der Waals surface area contributed by atoms with Gasteiger partial charge in [-0.25, -0.2) is 4.79 Å². The van der Waals surface area contributed by atoms with Crippen molar-refractivity contribution in [1.82, 2.24) is 42.5 Å². The molecule has 2 saturated heterocycles. The summed E-state index contributed by atoms with van der Waals surface area (Å²) in [5, 5.41) is 137. The predicted octanol–water partition coefficient (Wildman–Crippen LogP) is 5.04. The van der Waals surface area contributed by atoms with Crippen LogP contribution in [-0.4, -0.2) is 191 Å². The summed E-state index contributed by atoms with van der Waals surface area (Å²) in [5.74, 6) is -15.3. The number of hydrogen-bond acceptors (Lipinski definition) is 26. The van der Waals surface area contributed by atoms with Crippen LogP contribution in [0.25, 0.3) is 11.1 Å². The van der Waals surface area contributed by atoms with Crippen molar-refractivity contribution >= 4 is 93.7 Å². The van der Waals surface area contributed by atoms with Crippen LogP contribution in [0.2, 0.25) is 20.1 Å². The summed E-state index contributed by atoms with van der Waals surface area (Å²) < 4.78 is 45.4. The fourth-order valence-corrected chi connectivity index (χ4v) is 15.3. The van der Waals surface area contributed by atoms with Gasteiger partial charge < -0.3 is 132 Å². The molecule has 7 aliphatic rings. The van der Waals surface area contributed by atoms with Gasteiger partial charge in [0.15, 0.2) is 29.9 Å². The van der Waals surface area contributed by atoms with E-state index >= 15 is 14.4 Å². The Morgan fingerprint density at radius 2 is 1.27 bits per heavy atom. The highest BCUT2D eigenvalue weighted by Gasteiger charge is 2.52. The van der Waals surface area contributed by atoms with E-state index in [1.165, 1.54) is 19.2 Å². The number of nitrogens with one attached hydrogen (secondary N) is 8. The Labute approximate surface area is 686 Å². The number of aliphatic hydroxyl groups excluding tert-OH is 6. The van der Waals surface area contributed by atoms with Crippen molar-refractivity contribution in [3.63, 3.8) is 0 Å². The molecule has 7 aliphatic heterocycles. The van der Waals surface area contributed by atoms with Crippen LogP contribution in [0.15, 0.2) is 121 Å². The fourth-order valence-electron chi connectivity index (χ4n) is 14.3. The van der Waals surface area contributed by atoms with Gasteiger partial charge in [-0.3, -0.25) is 33.6 Å². The Balaban J connectivity index is 1.03. The lowest BCUT2D eigenvalue weighted by molar-refractivity contribution is -0.334. The van der Waals surface area contributed by atoms with Crippen LogP contribution in [0.5, 0.6) is 57.5 Å². The number of rotatable bonds is 18. The highest BCUT2D eigenvalue weighted by atomic mass is 35.5. The number of ether oxygens (including phenoxy) is 7. The van der Waals surface area contributed by atoms with Gasteiger partial charge in [0.2, 0.25) is 53.4 Å². The summed E-state index contributed by atoms with van der Waals surface area (Å²) in [6, 6.07) is 10.9. The molecule has 0 saturated carbocycles. The van der Waals surface area contributed by atoms with E-state index in [1.54, 1.807) is 56.3 Å². The number of phenols is 3.